The predicted molar refractivity (Wildman–Crippen MR) is 98.2 cm³/mol. The Morgan fingerprint density at radius 1 is 1.11 bits per heavy atom. The summed E-state index contributed by atoms with van der Waals surface area (Å²) in [4.78, 5) is 49.5. The van der Waals surface area contributed by atoms with Gasteiger partial charge >= 0.3 is 5.97 Å². The highest BCUT2D eigenvalue weighted by Gasteiger charge is 2.48. The van der Waals surface area contributed by atoms with E-state index in [0.29, 0.717) is 23.6 Å². The maximum absolute atomic E-state index is 12.3. The van der Waals surface area contributed by atoms with Gasteiger partial charge in [0.1, 0.15) is 6.54 Å². The van der Waals surface area contributed by atoms with Gasteiger partial charge in [0.15, 0.2) is 6.61 Å². The molecule has 7 nitrogen and oxygen atoms in total. The number of rotatable bonds is 5. The number of nitrogens with zero attached hydrogens (tertiary/aromatic N) is 1. The number of nitrogens with one attached hydrogen (secondary N) is 1. The number of anilines is 1. The van der Waals surface area contributed by atoms with E-state index < -0.39 is 25.0 Å². The van der Waals surface area contributed by atoms with Crippen LogP contribution in [-0.4, -0.2) is 41.7 Å². The fourth-order valence-electron chi connectivity index (χ4n) is 3.49. The number of carbonyl (C=O) groups is 4. The number of imide groups is 1. The summed E-state index contributed by atoms with van der Waals surface area (Å²) < 4.78 is 4.88. The van der Waals surface area contributed by atoms with Gasteiger partial charge in [-0.3, -0.25) is 24.1 Å². The third-order valence-corrected chi connectivity index (χ3v) is 5.35. The van der Waals surface area contributed by atoms with Crippen LogP contribution in [0, 0.1) is 11.8 Å². The third kappa shape index (κ3) is 4.42. The van der Waals surface area contributed by atoms with Crippen LogP contribution in [-0.2, 0) is 23.9 Å². The lowest BCUT2D eigenvalue weighted by atomic mass is 9.81. The van der Waals surface area contributed by atoms with Crippen LogP contribution in [0.2, 0.25) is 10.0 Å². The van der Waals surface area contributed by atoms with Crippen LogP contribution in [0.25, 0.3) is 0 Å². The van der Waals surface area contributed by atoms with Gasteiger partial charge in [-0.1, -0.05) is 36.0 Å². The second-order valence-corrected chi connectivity index (χ2v) is 7.44. The SMILES string of the molecule is O=C(COC(=O)CN1C(=O)[C@H]2CCCC[C@H]2C1=O)Nc1cc(Cl)ccc1Cl. The van der Waals surface area contributed by atoms with Crippen molar-refractivity contribution in [3.05, 3.63) is 28.2 Å². The predicted octanol–water partition coefficient (Wildman–Crippen LogP) is 2.65. The molecule has 3 amide bonds. The van der Waals surface area contributed by atoms with Gasteiger partial charge in [0.25, 0.3) is 5.91 Å². The zero-order chi connectivity index (χ0) is 19.6. The number of esters is 1. The molecule has 9 heteroatoms. The summed E-state index contributed by atoms with van der Waals surface area (Å²) in [6.07, 6.45) is 3.16. The topological polar surface area (TPSA) is 92.8 Å². The van der Waals surface area contributed by atoms with Gasteiger partial charge in [0.05, 0.1) is 22.5 Å². The molecular weight excluding hydrogens is 395 g/mol. The maximum atomic E-state index is 12.3. The molecule has 2 aliphatic rings. The Balaban J connectivity index is 1.51. The van der Waals surface area contributed by atoms with Crippen LogP contribution >= 0.6 is 23.2 Å². The van der Waals surface area contributed by atoms with Gasteiger partial charge in [-0.15, -0.1) is 0 Å². The van der Waals surface area contributed by atoms with E-state index in [0.717, 1.165) is 17.7 Å². The highest BCUT2D eigenvalue weighted by molar-refractivity contribution is 6.35. The molecule has 1 saturated heterocycles. The van der Waals surface area contributed by atoms with Crippen molar-refractivity contribution in [3.8, 4) is 0 Å². The van der Waals surface area contributed by atoms with Gasteiger partial charge in [-0.25, -0.2) is 0 Å². The normalized spacial score (nSPS) is 21.8. The monoisotopic (exact) mass is 412 g/mol. The van der Waals surface area contributed by atoms with Gasteiger partial charge in [-0.2, -0.15) is 0 Å². The lowest BCUT2D eigenvalue weighted by Gasteiger charge is -2.19. The molecule has 3 rings (SSSR count). The second kappa shape index (κ2) is 8.27. The summed E-state index contributed by atoms with van der Waals surface area (Å²) in [6.45, 7) is -1.04. The van der Waals surface area contributed by atoms with E-state index in [1.54, 1.807) is 6.07 Å². The van der Waals surface area contributed by atoms with Crippen LogP contribution in [0.15, 0.2) is 18.2 Å². The van der Waals surface area contributed by atoms with E-state index in [1.165, 1.54) is 12.1 Å². The third-order valence-electron chi connectivity index (χ3n) is 4.79. The summed E-state index contributed by atoms with van der Waals surface area (Å²) >= 11 is 11.8. The van der Waals surface area contributed by atoms with Crippen LogP contribution < -0.4 is 5.32 Å². The highest BCUT2D eigenvalue weighted by Crippen LogP contribution is 2.37. The molecule has 144 valence electrons. The van der Waals surface area contributed by atoms with E-state index in [9.17, 15) is 19.2 Å². The minimum atomic E-state index is -0.817. The summed E-state index contributed by atoms with van der Waals surface area (Å²) in [7, 11) is 0. The first-order chi connectivity index (χ1) is 12.9. The quantitative estimate of drug-likeness (QED) is 0.592. The Morgan fingerprint density at radius 2 is 1.74 bits per heavy atom. The van der Waals surface area contributed by atoms with Crippen LogP contribution in [0.3, 0.4) is 0 Å². The number of carbonyl (C=O) groups excluding carboxylic acids is 4. The zero-order valence-corrected chi connectivity index (χ0v) is 15.9. The minimum absolute atomic E-state index is 0.287. The number of hydrogen-bond donors (Lipinski definition) is 1. The number of halogens is 2. The fourth-order valence-corrected chi connectivity index (χ4v) is 3.82. The lowest BCUT2D eigenvalue weighted by Crippen LogP contribution is -2.37. The summed E-state index contributed by atoms with van der Waals surface area (Å²) in [5.41, 5.74) is 0.291. The number of amides is 3. The van der Waals surface area contributed by atoms with Crippen LogP contribution in [0.5, 0.6) is 0 Å². The number of fused-ring (bicyclic) bond motifs is 1. The number of hydrogen-bond acceptors (Lipinski definition) is 5. The van der Waals surface area contributed by atoms with Crippen LogP contribution in [0.1, 0.15) is 25.7 Å². The molecule has 0 unspecified atom stereocenters. The number of benzene rings is 1. The molecular formula is C18H18Cl2N2O5. The lowest BCUT2D eigenvalue weighted by molar-refractivity contribution is -0.154. The van der Waals surface area contributed by atoms with E-state index >= 15 is 0 Å². The van der Waals surface area contributed by atoms with Crippen molar-refractivity contribution in [2.75, 3.05) is 18.5 Å². The van der Waals surface area contributed by atoms with Crippen molar-refractivity contribution in [3.63, 3.8) is 0 Å². The Bertz CT molecular complexity index is 774. The molecule has 1 aromatic rings. The first-order valence-corrected chi connectivity index (χ1v) is 9.38. The summed E-state index contributed by atoms with van der Waals surface area (Å²) in [5, 5.41) is 3.15. The molecule has 0 aromatic heterocycles. The highest BCUT2D eigenvalue weighted by atomic mass is 35.5. The average Bonchev–Trinajstić information content (AvgIpc) is 2.88. The summed E-state index contributed by atoms with van der Waals surface area (Å²) in [5.74, 6) is -2.73. The molecule has 2 fully saturated rings. The minimum Gasteiger partial charge on any atom is -0.454 e. The molecule has 1 aliphatic heterocycles. The molecule has 1 N–H and O–H groups in total. The Labute approximate surface area is 165 Å². The molecule has 27 heavy (non-hydrogen) atoms. The molecule has 0 spiro atoms. The van der Waals surface area contributed by atoms with Crippen molar-refractivity contribution in [2.24, 2.45) is 11.8 Å². The summed E-state index contributed by atoms with van der Waals surface area (Å²) in [6, 6.07) is 4.56. The largest absolute Gasteiger partial charge is 0.454 e. The Hall–Kier alpha value is -2.12. The van der Waals surface area contributed by atoms with Crippen molar-refractivity contribution in [1.29, 1.82) is 0 Å². The van der Waals surface area contributed by atoms with Gasteiger partial charge in [0.2, 0.25) is 11.8 Å². The first kappa shape index (κ1) is 19.6. The van der Waals surface area contributed by atoms with E-state index in [-0.39, 0.29) is 28.7 Å². The zero-order valence-electron chi connectivity index (χ0n) is 14.4. The van der Waals surface area contributed by atoms with Crippen molar-refractivity contribution >= 4 is 52.6 Å². The molecule has 1 saturated carbocycles. The fraction of sp³-hybridized carbons (Fsp3) is 0.444. The Morgan fingerprint density at radius 3 is 2.37 bits per heavy atom. The molecule has 0 radical (unpaired) electrons. The van der Waals surface area contributed by atoms with Gasteiger partial charge in [0, 0.05) is 5.02 Å². The van der Waals surface area contributed by atoms with Crippen molar-refractivity contribution < 1.29 is 23.9 Å². The van der Waals surface area contributed by atoms with E-state index in [1.807, 2.05) is 0 Å². The number of ether oxygens (including phenoxy) is 1. The standard InChI is InChI=1S/C18H18Cl2N2O5/c19-10-5-6-13(20)14(7-10)21-15(23)9-27-16(24)8-22-17(25)11-3-1-2-4-12(11)18(22)26/h5-7,11-12H,1-4,8-9H2,(H,21,23)/t11-,12+. The molecule has 0 bridgehead atoms. The van der Waals surface area contributed by atoms with E-state index in [2.05, 4.69) is 5.32 Å². The smallest absolute Gasteiger partial charge is 0.326 e. The van der Waals surface area contributed by atoms with Crippen LogP contribution in [0.4, 0.5) is 5.69 Å². The second-order valence-electron chi connectivity index (χ2n) is 6.59. The maximum Gasteiger partial charge on any atom is 0.326 e. The molecule has 1 aliphatic carbocycles. The van der Waals surface area contributed by atoms with E-state index in [4.69, 9.17) is 27.9 Å². The molecule has 1 aromatic carbocycles. The molecule has 1 heterocycles. The van der Waals surface area contributed by atoms with Gasteiger partial charge < -0.3 is 10.1 Å². The number of likely N-dealkylation sites (tertiary alicyclic amines) is 1. The van der Waals surface area contributed by atoms with Gasteiger partial charge in [-0.05, 0) is 31.0 Å². The van der Waals surface area contributed by atoms with Crippen molar-refractivity contribution in [2.45, 2.75) is 25.7 Å². The first-order valence-electron chi connectivity index (χ1n) is 8.62. The Kier molecular flexibility index (Phi) is 6.01. The van der Waals surface area contributed by atoms with Crippen molar-refractivity contribution in [1.82, 2.24) is 4.90 Å². The average molecular weight is 413 g/mol. The molecule has 2 atom stereocenters.